The second-order valence-electron chi connectivity index (χ2n) is 4.84. The van der Waals surface area contributed by atoms with E-state index in [0.29, 0.717) is 12.3 Å². The number of hydrogen-bond donors (Lipinski definition) is 1. The molecule has 3 rings (SSSR count). The van der Waals surface area contributed by atoms with E-state index >= 15 is 0 Å². The van der Waals surface area contributed by atoms with Crippen LogP contribution in [0.3, 0.4) is 0 Å². The predicted molar refractivity (Wildman–Crippen MR) is 80.2 cm³/mol. The third-order valence-corrected chi connectivity index (χ3v) is 3.56. The summed E-state index contributed by atoms with van der Waals surface area (Å²) in [6, 6.07) is 7.85. The highest BCUT2D eigenvalue weighted by Gasteiger charge is 2.22. The smallest absolute Gasteiger partial charge is 0.144 e. The van der Waals surface area contributed by atoms with E-state index in [4.69, 9.17) is 0 Å². The van der Waals surface area contributed by atoms with Crippen LogP contribution < -0.4 is 4.90 Å². The van der Waals surface area contributed by atoms with Crippen LogP contribution in [0, 0.1) is 6.92 Å². The normalized spacial score (nSPS) is 13.9. The molecule has 0 amide bonds. The van der Waals surface area contributed by atoms with Gasteiger partial charge in [-0.3, -0.25) is 4.98 Å². The Labute approximate surface area is 118 Å². The zero-order valence-corrected chi connectivity index (χ0v) is 11.7. The molecule has 0 bridgehead atoms. The molecule has 0 fully saturated rings. The van der Waals surface area contributed by atoms with Gasteiger partial charge in [-0.1, -0.05) is 6.92 Å². The van der Waals surface area contributed by atoms with Gasteiger partial charge in [-0.15, -0.1) is 0 Å². The maximum absolute atomic E-state index is 10.0. The molecule has 1 N–H and O–H groups in total. The molecule has 0 atom stereocenters. The molecule has 2 aromatic rings. The number of aryl methyl sites for hydroxylation is 2. The van der Waals surface area contributed by atoms with Crippen molar-refractivity contribution in [3.63, 3.8) is 0 Å². The molecule has 102 valence electrons. The predicted octanol–water partition coefficient (Wildman–Crippen LogP) is 3.40. The lowest BCUT2D eigenvalue weighted by Crippen LogP contribution is -2.24. The van der Waals surface area contributed by atoms with E-state index in [1.54, 1.807) is 6.20 Å². The molecule has 0 radical (unpaired) electrons. The van der Waals surface area contributed by atoms with Crippen molar-refractivity contribution in [1.29, 1.82) is 0 Å². The van der Waals surface area contributed by atoms with Crippen LogP contribution in [0.5, 0.6) is 0 Å². The van der Waals surface area contributed by atoms with Crippen LogP contribution in [-0.2, 0) is 6.42 Å². The molecule has 2 aromatic heterocycles. The lowest BCUT2D eigenvalue weighted by Gasteiger charge is -2.29. The van der Waals surface area contributed by atoms with Crippen molar-refractivity contribution >= 4 is 17.3 Å². The first-order valence-electron chi connectivity index (χ1n) is 6.79. The van der Waals surface area contributed by atoms with Crippen molar-refractivity contribution in [2.45, 2.75) is 20.3 Å². The summed E-state index contributed by atoms with van der Waals surface area (Å²) in [5.41, 5.74) is 3.77. The van der Waals surface area contributed by atoms with Gasteiger partial charge in [0.05, 0.1) is 16.9 Å². The van der Waals surface area contributed by atoms with Crippen molar-refractivity contribution in [3.05, 3.63) is 53.5 Å². The number of pyridine rings is 2. The molecular formula is C16H17N3O. The van der Waals surface area contributed by atoms with E-state index in [-0.39, 0.29) is 0 Å². The van der Waals surface area contributed by atoms with Gasteiger partial charge in [-0.2, -0.15) is 0 Å². The Hall–Kier alpha value is -2.36. The van der Waals surface area contributed by atoms with Crippen LogP contribution in [0.4, 0.5) is 11.5 Å². The van der Waals surface area contributed by atoms with Crippen LogP contribution in [0.2, 0.25) is 0 Å². The van der Waals surface area contributed by atoms with Crippen molar-refractivity contribution in [2.24, 2.45) is 0 Å². The van der Waals surface area contributed by atoms with Gasteiger partial charge in [-0.25, -0.2) is 4.98 Å². The monoisotopic (exact) mass is 267 g/mol. The molecule has 0 aromatic carbocycles. The van der Waals surface area contributed by atoms with Crippen LogP contribution >= 0.6 is 0 Å². The molecule has 3 heterocycles. The Kier molecular flexibility index (Phi) is 3.14. The quantitative estimate of drug-likeness (QED) is 0.906. The number of anilines is 2. The summed E-state index contributed by atoms with van der Waals surface area (Å²) < 4.78 is 0. The molecule has 1 aliphatic rings. The SMILES string of the molecule is CCc1ccc2c(n1)N(c1cccnc1C)CC=C2O. The molecule has 0 unspecified atom stereocenters. The molecule has 4 heteroatoms. The van der Waals surface area contributed by atoms with Crippen LogP contribution in [0.15, 0.2) is 36.5 Å². The molecule has 1 aliphatic heterocycles. The summed E-state index contributed by atoms with van der Waals surface area (Å²) in [5, 5.41) is 10.0. The average molecular weight is 267 g/mol. The highest BCUT2D eigenvalue weighted by atomic mass is 16.3. The average Bonchev–Trinajstić information content (AvgIpc) is 2.48. The minimum atomic E-state index is 0.299. The zero-order chi connectivity index (χ0) is 14.1. The zero-order valence-electron chi connectivity index (χ0n) is 11.7. The van der Waals surface area contributed by atoms with Gasteiger partial charge in [0.2, 0.25) is 0 Å². The van der Waals surface area contributed by atoms with E-state index in [1.807, 2.05) is 37.3 Å². The first-order chi connectivity index (χ1) is 9.70. The molecule has 0 saturated carbocycles. The number of aliphatic hydroxyl groups is 1. The standard InChI is InChI=1S/C16H17N3O/c1-3-12-6-7-13-15(20)8-10-19(16(13)18-12)14-5-4-9-17-11(14)2/h4-9,20H,3,10H2,1-2H3. The Morgan fingerprint density at radius 2 is 2.15 bits per heavy atom. The minimum Gasteiger partial charge on any atom is -0.507 e. The van der Waals surface area contributed by atoms with Crippen LogP contribution in [-0.4, -0.2) is 21.6 Å². The summed E-state index contributed by atoms with van der Waals surface area (Å²) in [6.07, 6.45) is 4.46. The van der Waals surface area contributed by atoms with Crippen molar-refractivity contribution in [3.8, 4) is 0 Å². The first-order valence-corrected chi connectivity index (χ1v) is 6.79. The summed E-state index contributed by atoms with van der Waals surface area (Å²) in [5.74, 6) is 1.10. The van der Waals surface area contributed by atoms with Gasteiger partial charge in [0.1, 0.15) is 11.6 Å². The van der Waals surface area contributed by atoms with E-state index in [2.05, 4.69) is 21.8 Å². The fourth-order valence-corrected chi connectivity index (χ4v) is 2.44. The summed E-state index contributed by atoms with van der Waals surface area (Å²) in [6.45, 7) is 4.66. The number of aliphatic hydroxyl groups excluding tert-OH is 1. The Bertz CT molecular complexity index is 679. The highest BCUT2D eigenvalue weighted by molar-refractivity contribution is 5.79. The molecule has 0 spiro atoms. The maximum atomic E-state index is 10.0. The second-order valence-corrected chi connectivity index (χ2v) is 4.84. The number of fused-ring (bicyclic) bond motifs is 1. The Morgan fingerprint density at radius 3 is 2.90 bits per heavy atom. The van der Waals surface area contributed by atoms with Crippen LogP contribution in [0.1, 0.15) is 23.9 Å². The van der Waals surface area contributed by atoms with Crippen LogP contribution in [0.25, 0.3) is 5.76 Å². The van der Waals surface area contributed by atoms with Crippen molar-refractivity contribution in [2.75, 3.05) is 11.4 Å². The summed E-state index contributed by atoms with van der Waals surface area (Å²) in [4.78, 5) is 11.1. The fourth-order valence-electron chi connectivity index (χ4n) is 2.44. The largest absolute Gasteiger partial charge is 0.507 e. The van der Waals surface area contributed by atoms with Gasteiger partial charge in [0.15, 0.2) is 0 Å². The second kappa shape index (κ2) is 4.96. The van der Waals surface area contributed by atoms with Gasteiger partial charge in [0.25, 0.3) is 0 Å². The Balaban J connectivity index is 2.15. The summed E-state index contributed by atoms with van der Waals surface area (Å²) in [7, 11) is 0. The van der Waals surface area contributed by atoms with Gasteiger partial charge in [0, 0.05) is 18.4 Å². The lowest BCUT2D eigenvalue weighted by molar-refractivity contribution is 0.507. The van der Waals surface area contributed by atoms with E-state index < -0.39 is 0 Å². The van der Waals surface area contributed by atoms with E-state index in [1.165, 1.54) is 0 Å². The minimum absolute atomic E-state index is 0.299. The van der Waals surface area contributed by atoms with Gasteiger partial charge < -0.3 is 10.0 Å². The van der Waals surface area contributed by atoms with E-state index in [9.17, 15) is 5.11 Å². The van der Waals surface area contributed by atoms with E-state index in [0.717, 1.165) is 34.9 Å². The third kappa shape index (κ3) is 2.03. The molecule has 0 aliphatic carbocycles. The maximum Gasteiger partial charge on any atom is 0.144 e. The lowest BCUT2D eigenvalue weighted by atomic mass is 10.1. The third-order valence-electron chi connectivity index (χ3n) is 3.56. The van der Waals surface area contributed by atoms with Gasteiger partial charge in [-0.05, 0) is 43.7 Å². The number of nitrogens with zero attached hydrogens (tertiary/aromatic N) is 3. The molecule has 4 nitrogen and oxygen atoms in total. The number of hydrogen-bond acceptors (Lipinski definition) is 4. The highest BCUT2D eigenvalue weighted by Crippen LogP contribution is 2.34. The fraction of sp³-hybridized carbons (Fsp3) is 0.250. The number of aromatic nitrogens is 2. The van der Waals surface area contributed by atoms with Crippen molar-refractivity contribution < 1.29 is 5.11 Å². The topological polar surface area (TPSA) is 49.2 Å². The molecular weight excluding hydrogens is 250 g/mol. The molecule has 20 heavy (non-hydrogen) atoms. The first kappa shape index (κ1) is 12.7. The molecule has 0 saturated heterocycles. The Morgan fingerprint density at radius 1 is 1.30 bits per heavy atom. The number of rotatable bonds is 2. The van der Waals surface area contributed by atoms with Crippen molar-refractivity contribution in [1.82, 2.24) is 9.97 Å². The summed E-state index contributed by atoms with van der Waals surface area (Å²) >= 11 is 0. The van der Waals surface area contributed by atoms with Gasteiger partial charge >= 0.3 is 0 Å².